The van der Waals surface area contributed by atoms with Crippen LogP contribution in [0.4, 0.5) is 0 Å². The van der Waals surface area contributed by atoms with Crippen molar-refractivity contribution in [2.45, 2.75) is 66.2 Å². The molecular formula is C12H26. The second-order valence-electron chi connectivity index (χ2n) is 4.25. The van der Waals surface area contributed by atoms with Gasteiger partial charge in [-0.05, 0) is 18.3 Å². The summed E-state index contributed by atoms with van der Waals surface area (Å²) in [5.74, 6) is 2.08. The topological polar surface area (TPSA) is 0 Å². The molecule has 0 nitrogen and oxygen atoms in total. The fourth-order valence-electron chi connectivity index (χ4n) is 1.93. The van der Waals surface area contributed by atoms with Crippen molar-refractivity contribution in [3.8, 4) is 0 Å². The van der Waals surface area contributed by atoms with Crippen LogP contribution in [0.2, 0.25) is 0 Å². The molecule has 0 N–H and O–H groups in total. The average molecular weight is 170 g/mol. The average Bonchev–Trinajstić information content (AvgIpc) is 2.06. The molecule has 1 fully saturated rings. The molecular weight excluding hydrogens is 144 g/mol. The van der Waals surface area contributed by atoms with Gasteiger partial charge in [-0.3, -0.25) is 0 Å². The summed E-state index contributed by atoms with van der Waals surface area (Å²) < 4.78 is 0. The van der Waals surface area contributed by atoms with Crippen molar-refractivity contribution in [1.29, 1.82) is 0 Å². The van der Waals surface area contributed by atoms with E-state index >= 15 is 0 Å². The van der Waals surface area contributed by atoms with Gasteiger partial charge in [-0.2, -0.15) is 0 Å². The van der Waals surface area contributed by atoms with E-state index in [0.29, 0.717) is 0 Å². The third-order valence-corrected chi connectivity index (χ3v) is 2.62. The van der Waals surface area contributed by atoms with Gasteiger partial charge in [0.15, 0.2) is 0 Å². The second-order valence-corrected chi connectivity index (χ2v) is 4.25. The highest BCUT2D eigenvalue weighted by Gasteiger charge is 2.16. The second kappa shape index (κ2) is 7.64. The minimum Gasteiger partial charge on any atom is -0.0656 e. The van der Waals surface area contributed by atoms with Crippen molar-refractivity contribution < 1.29 is 0 Å². The molecule has 0 amide bonds. The van der Waals surface area contributed by atoms with Crippen LogP contribution in [0.5, 0.6) is 0 Å². The van der Waals surface area contributed by atoms with Crippen molar-refractivity contribution >= 4 is 0 Å². The van der Waals surface area contributed by atoms with E-state index in [1.165, 1.54) is 38.5 Å². The lowest BCUT2D eigenvalue weighted by atomic mass is 9.81. The van der Waals surface area contributed by atoms with E-state index in [0.717, 1.165) is 11.8 Å². The molecule has 0 aromatic heterocycles. The Bertz CT molecular complexity index is 86.0. The van der Waals surface area contributed by atoms with E-state index in [4.69, 9.17) is 0 Å². The fraction of sp³-hybridized carbons (Fsp3) is 1.00. The highest BCUT2D eigenvalue weighted by atomic mass is 14.2. The van der Waals surface area contributed by atoms with E-state index in [1.54, 1.807) is 0 Å². The van der Waals surface area contributed by atoms with E-state index in [9.17, 15) is 0 Å². The molecule has 0 spiro atoms. The van der Waals surface area contributed by atoms with Crippen molar-refractivity contribution in [2.75, 3.05) is 0 Å². The summed E-state index contributed by atoms with van der Waals surface area (Å²) in [5, 5.41) is 0. The maximum atomic E-state index is 2.39. The monoisotopic (exact) mass is 170 g/mol. The summed E-state index contributed by atoms with van der Waals surface area (Å²) in [7, 11) is 0. The molecule has 0 radical (unpaired) electrons. The van der Waals surface area contributed by atoms with E-state index in [1.807, 2.05) is 0 Å². The van der Waals surface area contributed by atoms with Gasteiger partial charge in [-0.25, -0.2) is 0 Å². The standard InChI is InChI=1S/C9H18.C3H8/c1-3-9-6-4-5-8(2)7-9;1-3-2/h8-9H,3-7H2,1-2H3;3H2,1-2H3. The Hall–Kier alpha value is 0. The van der Waals surface area contributed by atoms with Gasteiger partial charge in [0.25, 0.3) is 0 Å². The molecule has 2 atom stereocenters. The van der Waals surface area contributed by atoms with Gasteiger partial charge >= 0.3 is 0 Å². The molecule has 1 aliphatic carbocycles. The van der Waals surface area contributed by atoms with Crippen molar-refractivity contribution in [3.63, 3.8) is 0 Å². The molecule has 0 heteroatoms. The normalized spacial score (nSPS) is 29.0. The summed E-state index contributed by atoms with van der Waals surface area (Å²) in [6, 6.07) is 0. The van der Waals surface area contributed by atoms with Crippen molar-refractivity contribution in [2.24, 2.45) is 11.8 Å². The Morgan fingerprint density at radius 2 is 1.67 bits per heavy atom. The highest BCUT2D eigenvalue weighted by Crippen LogP contribution is 2.29. The van der Waals surface area contributed by atoms with Gasteiger partial charge in [0, 0.05) is 0 Å². The molecule has 0 heterocycles. The molecule has 0 aliphatic heterocycles. The maximum Gasteiger partial charge on any atom is -0.0414 e. The van der Waals surface area contributed by atoms with Crippen LogP contribution in [0.1, 0.15) is 66.2 Å². The summed E-state index contributed by atoms with van der Waals surface area (Å²) in [6.07, 6.45) is 8.62. The van der Waals surface area contributed by atoms with Crippen LogP contribution in [-0.2, 0) is 0 Å². The molecule has 0 bridgehead atoms. The minimum atomic E-state index is 1.02. The Morgan fingerprint density at radius 3 is 2.00 bits per heavy atom. The predicted molar refractivity (Wildman–Crippen MR) is 57.4 cm³/mol. The quantitative estimate of drug-likeness (QED) is 0.538. The van der Waals surface area contributed by atoms with Crippen LogP contribution < -0.4 is 0 Å². The van der Waals surface area contributed by atoms with E-state index in [-0.39, 0.29) is 0 Å². The smallest absolute Gasteiger partial charge is 0.0414 e. The van der Waals surface area contributed by atoms with Gasteiger partial charge < -0.3 is 0 Å². The third-order valence-electron chi connectivity index (χ3n) is 2.62. The summed E-state index contributed by atoms with van der Waals surface area (Å²) in [4.78, 5) is 0. The van der Waals surface area contributed by atoms with Crippen LogP contribution in [-0.4, -0.2) is 0 Å². The molecule has 2 unspecified atom stereocenters. The lowest BCUT2D eigenvalue weighted by Gasteiger charge is -2.25. The largest absolute Gasteiger partial charge is 0.0656 e. The van der Waals surface area contributed by atoms with Gasteiger partial charge in [-0.1, -0.05) is 59.8 Å². The summed E-state index contributed by atoms with van der Waals surface area (Å²) >= 11 is 0. The van der Waals surface area contributed by atoms with Crippen LogP contribution in [0.15, 0.2) is 0 Å². The van der Waals surface area contributed by atoms with Crippen LogP contribution in [0, 0.1) is 11.8 Å². The molecule has 74 valence electrons. The Morgan fingerprint density at radius 1 is 1.08 bits per heavy atom. The van der Waals surface area contributed by atoms with Gasteiger partial charge in [0.1, 0.15) is 0 Å². The maximum absolute atomic E-state index is 2.39. The first-order valence-corrected chi connectivity index (χ1v) is 5.74. The van der Waals surface area contributed by atoms with Crippen LogP contribution in [0.3, 0.4) is 0 Å². The lowest BCUT2D eigenvalue weighted by Crippen LogP contribution is -2.11. The van der Waals surface area contributed by atoms with Crippen molar-refractivity contribution in [3.05, 3.63) is 0 Å². The number of hydrogen-bond acceptors (Lipinski definition) is 0. The Labute approximate surface area is 78.8 Å². The zero-order valence-electron chi connectivity index (χ0n) is 9.40. The molecule has 1 aliphatic rings. The summed E-state index contributed by atoms with van der Waals surface area (Å²) in [5.41, 5.74) is 0. The first-order chi connectivity index (χ1) is 5.74. The molecule has 1 saturated carbocycles. The summed E-state index contributed by atoms with van der Waals surface area (Å²) in [6.45, 7) is 8.96. The fourth-order valence-corrected chi connectivity index (χ4v) is 1.93. The van der Waals surface area contributed by atoms with E-state index < -0.39 is 0 Å². The van der Waals surface area contributed by atoms with E-state index in [2.05, 4.69) is 27.7 Å². The molecule has 12 heavy (non-hydrogen) atoms. The van der Waals surface area contributed by atoms with Crippen LogP contribution in [0.25, 0.3) is 0 Å². The Kier molecular flexibility index (Phi) is 7.64. The third kappa shape index (κ3) is 5.62. The number of rotatable bonds is 1. The first kappa shape index (κ1) is 12.0. The van der Waals surface area contributed by atoms with Gasteiger partial charge in [0.2, 0.25) is 0 Å². The van der Waals surface area contributed by atoms with Crippen molar-refractivity contribution in [1.82, 2.24) is 0 Å². The van der Waals surface area contributed by atoms with Gasteiger partial charge in [0.05, 0.1) is 0 Å². The van der Waals surface area contributed by atoms with Crippen LogP contribution >= 0.6 is 0 Å². The molecule has 0 aromatic carbocycles. The predicted octanol–water partition coefficient (Wildman–Crippen LogP) is 4.64. The van der Waals surface area contributed by atoms with Gasteiger partial charge in [-0.15, -0.1) is 0 Å². The molecule has 0 saturated heterocycles. The zero-order valence-corrected chi connectivity index (χ0v) is 9.40. The first-order valence-electron chi connectivity index (χ1n) is 5.74. The molecule has 0 aromatic rings. The number of hydrogen-bond donors (Lipinski definition) is 0. The SMILES string of the molecule is CCC.CCC1CCCC(C)C1. The minimum absolute atomic E-state index is 1.02. The Balaban J connectivity index is 0.000000354. The molecule has 1 rings (SSSR count). The highest BCUT2D eigenvalue weighted by molar-refractivity contribution is 4.68. The zero-order chi connectivity index (χ0) is 9.40. The lowest BCUT2D eigenvalue weighted by molar-refractivity contribution is 0.276.